The highest BCUT2D eigenvalue weighted by molar-refractivity contribution is 7.89. The van der Waals surface area contributed by atoms with E-state index < -0.39 is 16.1 Å². The first kappa shape index (κ1) is 17.7. The van der Waals surface area contributed by atoms with E-state index in [9.17, 15) is 13.5 Å². The number of hydrogen-bond donors (Lipinski definition) is 1. The monoisotopic (exact) mass is 317 g/mol. The van der Waals surface area contributed by atoms with Gasteiger partial charge in [-0.25, -0.2) is 8.42 Å². The number of aliphatic hydroxyl groups is 1. The van der Waals surface area contributed by atoms with Crippen LogP contribution in [0.1, 0.15) is 20.8 Å². The van der Waals surface area contributed by atoms with Crippen LogP contribution in [0.15, 0.2) is 23.1 Å². The average molecular weight is 317 g/mol. The van der Waals surface area contributed by atoms with E-state index in [1.54, 1.807) is 6.07 Å². The van der Waals surface area contributed by atoms with Gasteiger partial charge in [-0.05, 0) is 32.9 Å². The maximum atomic E-state index is 12.4. The molecule has 0 saturated heterocycles. The van der Waals surface area contributed by atoms with Crippen LogP contribution < -0.4 is 9.47 Å². The van der Waals surface area contributed by atoms with Gasteiger partial charge in [0.1, 0.15) is 0 Å². The Bertz CT molecular complexity index is 556. The van der Waals surface area contributed by atoms with Gasteiger partial charge in [0.15, 0.2) is 11.5 Å². The number of rotatable bonds is 8. The van der Waals surface area contributed by atoms with Gasteiger partial charge in [0.25, 0.3) is 0 Å². The fourth-order valence-electron chi connectivity index (χ4n) is 1.84. The molecular formula is C14H23NO5S. The summed E-state index contributed by atoms with van der Waals surface area (Å²) in [5, 5.41) is 9.34. The predicted molar refractivity (Wildman–Crippen MR) is 80.3 cm³/mol. The Labute approximate surface area is 126 Å². The number of aliphatic hydroxyl groups excluding tert-OH is 1. The standard InChI is InChI=1S/C14H23NO5S/c1-5-19-13-8-7-12(9-14(13)20-6-2)21(17,18)15(4)10-11(3)16/h7-9,11,16H,5-6,10H2,1-4H3. The lowest BCUT2D eigenvalue weighted by atomic mass is 10.3. The van der Waals surface area contributed by atoms with Crippen LogP contribution >= 0.6 is 0 Å². The number of hydrogen-bond acceptors (Lipinski definition) is 5. The molecule has 7 heteroatoms. The maximum absolute atomic E-state index is 12.4. The van der Waals surface area contributed by atoms with Gasteiger partial charge >= 0.3 is 0 Å². The van der Waals surface area contributed by atoms with Gasteiger partial charge in [-0.1, -0.05) is 0 Å². The molecule has 1 unspecified atom stereocenters. The van der Waals surface area contributed by atoms with Crippen LogP contribution in [-0.4, -0.2) is 50.7 Å². The van der Waals surface area contributed by atoms with E-state index in [2.05, 4.69) is 0 Å². The molecule has 1 aromatic rings. The molecule has 1 N–H and O–H groups in total. The topological polar surface area (TPSA) is 76.1 Å². The molecular weight excluding hydrogens is 294 g/mol. The van der Waals surface area contributed by atoms with Crippen molar-refractivity contribution >= 4 is 10.0 Å². The minimum absolute atomic E-state index is 0.0273. The van der Waals surface area contributed by atoms with E-state index in [1.807, 2.05) is 13.8 Å². The first-order chi connectivity index (χ1) is 9.82. The van der Waals surface area contributed by atoms with E-state index in [1.165, 1.54) is 26.1 Å². The van der Waals surface area contributed by atoms with Crippen molar-refractivity contribution in [1.82, 2.24) is 4.31 Å². The number of sulfonamides is 1. The fourth-order valence-corrected chi connectivity index (χ4v) is 3.11. The second kappa shape index (κ2) is 7.63. The van der Waals surface area contributed by atoms with Gasteiger partial charge in [0.2, 0.25) is 10.0 Å². The van der Waals surface area contributed by atoms with E-state index in [-0.39, 0.29) is 11.4 Å². The molecule has 120 valence electrons. The molecule has 0 heterocycles. The van der Waals surface area contributed by atoms with Gasteiger partial charge < -0.3 is 14.6 Å². The van der Waals surface area contributed by atoms with E-state index in [0.29, 0.717) is 24.7 Å². The molecule has 0 saturated carbocycles. The van der Waals surface area contributed by atoms with Crippen LogP contribution in [0.4, 0.5) is 0 Å². The summed E-state index contributed by atoms with van der Waals surface area (Å²) in [4.78, 5) is 0.109. The molecule has 0 aromatic heterocycles. The summed E-state index contributed by atoms with van der Waals surface area (Å²) in [6.45, 7) is 6.10. The molecule has 1 atom stereocenters. The van der Waals surface area contributed by atoms with Crippen LogP contribution in [-0.2, 0) is 10.0 Å². The Balaban J connectivity index is 3.15. The highest BCUT2D eigenvalue weighted by Crippen LogP contribution is 2.31. The number of ether oxygens (including phenoxy) is 2. The minimum atomic E-state index is -3.67. The van der Waals surface area contributed by atoms with E-state index in [4.69, 9.17) is 9.47 Å². The summed E-state index contributed by atoms with van der Waals surface area (Å²) in [5.41, 5.74) is 0. The molecule has 6 nitrogen and oxygen atoms in total. The summed E-state index contributed by atoms with van der Waals surface area (Å²) >= 11 is 0. The quantitative estimate of drug-likeness (QED) is 0.786. The molecule has 0 radical (unpaired) electrons. The van der Waals surface area contributed by atoms with Gasteiger partial charge in [0, 0.05) is 19.7 Å². The molecule has 0 aliphatic rings. The molecule has 0 aliphatic carbocycles. The normalized spacial score (nSPS) is 13.2. The van der Waals surface area contributed by atoms with E-state index >= 15 is 0 Å². The summed E-state index contributed by atoms with van der Waals surface area (Å²) in [6, 6.07) is 4.50. The third-order valence-corrected chi connectivity index (χ3v) is 4.56. The van der Waals surface area contributed by atoms with Gasteiger partial charge in [-0.15, -0.1) is 0 Å². The zero-order valence-corrected chi connectivity index (χ0v) is 13.7. The molecule has 0 aliphatic heterocycles. The summed E-state index contributed by atoms with van der Waals surface area (Å²) < 4.78 is 36.8. The van der Waals surface area contributed by atoms with Crippen LogP contribution in [0.25, 0.3) is 0 Å². The van der Waals surface area contributed by atoms with Crippen LogP contribution in [0.5, 0.6) is 11.5 Å². The molecule has 0 fully saturated rings. The predicted octanol–water partition coefficient (Wildman–Crippen LogP) is 1.49. The SMILES string of the molecule is CCOc1ccc(S(=O)(=O)N(C)CC(C)O)cc1OCC. The summed E-state index contributed by atoms with van der Waals surface area (Å²) in [6.07, 6.45) is -0.737. The van der Waals surface area contributed by atoms with Crippen molar-refractivity contribution in [2.75, 3.05) is 26.8 Å². The van der Waals surface area contributed by atoms with Gasteiger partial charge in [-0.2, -0.15) is 4.31 Å². The number of likely N-dealkylation sites (N-methyl/N-ethyl adjacent to an activating group) is 1. The zero-order chi connectivity index (χ0) is 16.0. The first-order valence-corrected chi connectivity index (χ1v) is 8.31. The zero-order valence-electron chi connectivity index (χ0n) is 12.9. The van der Waals surface area contributed by atoms with Crippen molar-refractivity contribution < 1.29 is 23.0 Å². The van der Waals surface area contributed by atoms with Crippen molar-refractivity contribution in [3.05, 3.63) is 18.2 Å². The lowest BCUT2D eigenvalue weighted by Crippen LogP contribution is -2.33. The maximum Gasteiger partial charge on any atom is 0.243 e. The summed E-state index contributed by atoms with van der Waals surface area (Å²) in [5.74, 6) is 0.905. The molecule has 0 spiro atoms. The highest BCUT2D eigenvalue weighted by atomic mass is 32.2. The Morgan fingerprint density at radius 3 is 2.29 bits per heavy atom. The number of nitrogens with zero attached hydrogens (tertiary/aromatic N) is 1. The lowest BCUT2D eigenvalue weighted by molar-refractivity contribution is 0.171. The molecule has 21 heavy (non-hydrogen) atoms. The lowest BCUT2D eigenvalue weighted by Gasteiger charge is -2.19. The number of benzene rings is 1. The van der Waals surface area contributed by atoms with Crippen LogP contribution in [0, 0.1) is 0 Å². The van der Waals surface area contributed by atoms with Gasteiger partial charge in [0.05, 0.1) is 24.2 Å². The highest BCUT2D eigenvalue weighted by Gasteiger charge is 2.23. The van der Waals surface area contributed by atoms with Crippen molar-refractivity contribution in [3.8, 4) is 11.5 Å². The van der Waals surface area contributed by atoms with Crippen molar-refractivity contribution in [2.45, 2.75) is 31.8 Å². The van der Waals surface area contributed by atoms with Crippen molar-refractivity contribution in [3.63, 3.8) is 0 Å². The molecule has 0 amide bonds. The van der Waals surface area contributed by atoms with Crippen LogP contribution in [0.2, 0.25) is 0 Å². The third-order valence-electron chi connectivity index (χ3n) is 2.74. The Kier molecular flexibility index (Phi) is 6.44. The molecule has 1 rings (SSSR count). The largest absolute Gasteiger partial charge is 0.490 e. The second-order valence-corrected chi connectivity index (χ2v) is 6.65. The average Bonchev–Trinajstić information content (AvgIpc) is 2.40. The molecule has 1 aromatic carbocycles. The smallest absolute Gasteiger partial charge is 0.243 e. The second-order valence-electron chi connectivity index (χ2n) is 4.61. The Hall–Kier alpha value is -1.31. The van der Waals surface area contributed by atoms with E-state index in [0.717, 1.165) is 4.31 Å². The fraction of sp³-hybridized carbons (Fsp3) is 0.571. The third kappa shape index (κ3) is 4.59. The Morgan fingerprint density at radius 1 is 1.19 bits per heavy atom. The van der Waals surface area contributed by atoms with Crippen molar-refractivity contribution in [1.29, 1.82) is 0 Å². The molecule has 0 bridgehead atoms. The van der Waals surface area contributed by atoms with Crippen LogP contribution in [0.3, 0.4) is 0 Å². The van der Waals surface area contributed by atoms with Gasteiger partial charge in [-0.3, -0.25) is 0 Å². The first-order valence-electron chi connectivity index (χ1n) is 6.87. The summed E-state index contributed by atoms with van der Waals surface area (Å²) in [7, 11) is -2.24. The minimum Gasteiger partial charge on any atom is -0.490 e. The Morgan fingerprint density at radius 2 is 1.76 bits per heavy atom. The van der Waals surface area contributed by atoms with Crippen molar-refractivity contribution in [2.24, 2.45) is 0 Å².